The zero-order valence-electron chi connectivity index (χ0n) is 15.6. The third-order valence-corrected chi connectivity index (χ3v) is 5.44. The van der Waals surface area contributed by atoms with Crippen LogP contribution in [0.25, 0.3) is 10.6 Å². The lowest BCUT2D eigenvalue weighted by Crippen LogP contribution is -2.48. The summed E-state index contributed by atoms with van der Waals surface area (Å²) in [5.74, 6) is 0.287. The van der Waals surface area contributed by atoms with Gasteiger partial charge in [-0.3, -0.25) is 9.69 Å². The average Bonchev–Trinajstić information content (AvgIpc) is 3.12. The van der Waals surface area contributed by atoms with Gasteiger partial charge in [-0.2, -0.15) is 0 Å². The Kier molecular flexibility index (Phi) is 10.9. The lowest BCUT2D eigenvalue weighted by atomic mass is 10.2. The van der Waals surface area contributed by atoms with Crippen molar-refractivity contribution in [1.82, 2.24) is 20.1 Å². The summed E-state index contributed by atoms with van der Waals surface area (Å²) in [4.78, 5) is 21.3. The van der Waals surface area contributed by atoms with E-state index in [-0.39, 0.29) is 30.7 Å². The highest BCUT2D eigenvalue weighted by atomic mass is 35.5. The van der Waals surface area contributed by atoms with Crippen molar-refractivity contribution >= 4 is 42.1 Å². The van der Waals surface area contributed by atoms with Crippen molar-refractivity contribution in [2.45, 2.75) is 19.4 Å². The zero-order chi connectivity index (χ0) is 17.5. The van der Waals surface area contributed by atoms with Crippen LogP contribution in [0.1, 0.15) is 18.5 Å². The number of carbonyl (C=O) groups is 1. The minimum absolute atomic E-state index is 0. The van der Waals surface area contributed by atoms with Gasteiger partial charge in [0, 0.05) is 50.1 Å². The molecule has 1 amide bonds. The second-order valence-electron chi connectivity index (χ2n) is 6.37. The maximum atomic E-state index is 12.2. The molecule has 1 saturated heterocycles. The third kappa shape index (κ3) is 7.05. The lowest BCUT2D eigenvalue weighted by Gasteiger charge is -2.34. The molecule has 27 heavy (non-hydrogen) atoms. The minimum atomic E-state index is 0. The molecule has 0 unspecified atom stereocenters. The number of halogens is 2. The van der Waals surface area contributed by atoms with Crippen molar-refractivity contribution in [1.29, 1.82) is 0 Å². The number of aromatic nitrogens is 1. The van der Waals surface area contributed by atoms with E-state index in [1.807, 2.05) is 30.1 Å². The van der Waals surface area contributed by atoms with Crippen molar-refractivity contribution < 1.29 is 4.79 Å². The standard InChI is InChI=1S/C19H26N4OS.2ClH/c1-20-9-5-8-18(24)23-12-10-22(11-13-23)14-17-15-25-19(21-17)16-6-3-2-4-7-16;;/h2-4,6-7,15,20H,5,8-14H2,1H3;2*1H. The van der Waals surface area contributed by atoms with Gasteiger partial charge in [-0.05, 0) is 20.0 Å². The van der Waals surface area contributed by atoms with Gasteiger partial charge in [0.25, 0.3) is 0 Å². The normalized spacial score (nSPS) is 14.3. The van der Waals surface area contributed by atoms with E-state index < -0.39 is 0 Å². The first kappa shape index (κ1) is 23.9. The third-order valence-electron chi connectivity index (χ3n) is 4.50. The Balaban J connectivity index is 0.00000182. The predicted octanol–water partition coefficient (Wildman–Crippen LogP) is 3.30. The zero-order valence-corrected chi connectivity index (χ0v) is 18.0. The van der Waals surface area contributed by atoms with Crippen LogP contribution in [0.5, 0.6) is 0 Å². The van der Waals surface area contributed by atoms with Gasteiger partial charge in [-0.15, -0.1) is 36.2 Å². The van der Waals surface area contributed by atoms with Crippen LogP contribution in [0.15, 0.2) is 35.7 Å². The fourth-order valence-corrected chi connectivity index (χ4v) is 3.87. The molecule has 0 atom stereocenters. The summed E-state index contributed by atoms with van der Waals surface area (Å²) in [5.41, 5.74) is 2.30. The van der Waals surface area contributed by atoms with Crippen molar-refractivity contribution in [3.63, 3.8) is 0 Å². The Morgan fingerprint density at radius 3 is 2.52 bits per heavy atom. The average molecular weight is 431 g/mol. The van der Waals surface area contributed by atoms with Crippen molar-refractivity contribution in [2.24, 2.45) is 0 Å². The van der Waals surface area contributed by atoms with Crippen molar-refractivity contribution in [2.75, 3.05) is 39.8 Å². The van der Waals surface area contributed by atoms with Gasteiger partial charge in [0.15, 0.2) is 0 Å². The molecule has 2 aromatic rings. The smallest absolute Gasteiger partial charge is 0.222 e. The molecular formula is C19H28Cl2N4OS. The lowest BCUT2D eigenvalue weighted by molar-refractivity contribution is -0.133. The highest BCUT2D eigenvalue weighted by Crippen LogP contribution is 2.24. The Morgan fingerprint density at radius 2 is 1.85 bits per heavy atom. The molecule has 0 saturated carbocycles. The van der Waals surface area contributed by atoms with E-state index in [4.69, 9.17) is 4.98 Å². The number of hydrogen-bond acceptors (Lipinski definition) is 5. The largest absolute Gasteiger partial charge is 0.340 e. The summed E-state index contributed by atoms with van der Waals surface area (Å²) in [6, 6.07) is 10.3. The summed E-state index contributed by atoms with van der Waals surface area (Å²) in [6.45, 7) is 5.28. The number of hydrogen-bond donors (Lipinski definition) is 1. The van der Waals surface area contributed by atoms with Crippen LogP contribution in [0.4, 0.5) is 0 Å². The van der Waals surface area contributed by atoms with Gasteiger partial charge in [-0.1, -0.05) is 30.3 Å². The van der Waals surface area contributed by atoms with E-state index >= 15 is 0 Å². The molecule has 1 aromatic carbocycles. The second-order valence-corrected chi connectivity index (χ2v) is 7.23. The van der Waals surface area contributed by atoms with Crippen LogP contribution in [-0.2, 0) is 11.3 Å². The molecule has 0 spiro atoms. The number of carbonyl (C=O) groups excluding carboxylic acids is 1. The highest BCUT2D eigenvalue weighted by Gasteiger charge is 2.21. The molecule has 1 N–H and O–H groups in total. The Hall–Kier alpha value is -1.18. The first-order valence-electron chi connectivity index (χ1n) is 8.91. The minimum Gasteiger partial charge on any atom is -0.340 e. The van der Waals surface area contributed by atoms with Crippen LogP contribution >= 0.6 is 36.2 Å². The summed E-state index contributed by atoms with van der Waals surface area (Å²) < 4.78 is 0. The first-order chi connectivity index (χ1) is 12.3. The fraction of sp³-hybridized carbons (Fsp3) is 0.474. The fourth-order valence-electron chi connectivity index (χ4n) is 3.05. The quantitative estimate of drug-likeness (QED) is 0.684. The molecule has 1 fully saturated rings. The van der Waals surface area contributed by atoms with Gasteiger partial charge in [0.1, 0.15) is 5.01 Å². The summed E-state index contributed by atoms with van der Waals surface area (Å²) in [5, 5.41) is 6.32. The van der Waals surface area contributed by atoms with Crippen molar-refractivity contribution in [3.05, 3.63) is 41.4 Å². The topological polar surface area (TPSA) is 48.5 Å². The van der Waals surface area contributed by atoms with Crippen LogP contribution in [-0.4, -0.2) is 60.5 Å². The maximum Gasteiger partial charge on any atom is 0.222 e. The van der Waals surface area contributed by atoms with E-state index in [0.717, 1.165) is 56.4 Å². The number of rotatable bonds is 7. The molecule has 8 heteroatoms. The summed E-state index contributed by atoms with van der Waals surface area (Å²) in [7, 11) is 1.92. The van der Waals surface area contributed by atoms with E-state index in [2.05, 4.69) is 27.7 Å². The molecule has 1 aliphatic rings. The number of piperazine rings is 1. The van der Waals surface area contributed by atoms with Gasteiger partial charge < -0.3 is 10.2 Å². The number of amides is 1. The number of nitrogens with one attached hydrogen (secondary N) is 1. The van der Waals surface area contributed by atoms with Gasteiger partial charge in [0.2, 0.25) is 5.91 Å². The summed E-state index contributed by atoms with van der Waals surface area (Å²) >= 11 is 1.70. The Labute approximate surface area is 178 Å². The van der Waals surface area contributed by atoms with E-state index in [1.54, 1.807) is 11.3 Å². The molecule has 1 aliphatic heterocycles. The molecule has 2 heterocycles. The monoisotopic (exact) mass is 430 g/mol. The molecule has 0 aliphatic carbocycles. The highest BCUT2D eigenvalue weighted by molar-refractivity contribution is 7.13. The molecule has 3 rings (SSSR count). The molecule has 1 aromatic heterocycles. The summed E-state index contributed by atoms with van der Waals surface area (Å²) in [6.07, 6.45) is 1.56. The Morgan fingerprint density at radius 1 is 1.15 bits per heavy atom. The van der Waals surface area contributed by atoms with Crippen LogP contribution in [0, 0.1) is 0 Å². The van der Waals surface area contributed by atoms with Crippen LogP contribution in [0.2, 0.25) is 0 Å². The van der Waals surface area contributed by atoms with Crippen LogP contribution in [0.3, 0.4) is 0 Å². The molecule has 5 nitrogen and oxygen atoms in total. The maximum absolute atomic E-state index is 12.2. The van der Waals surface area contributed by atoms with E-state index in [1.165, 1.54) is 5.56 Å². The molecule has 0 radical (unpaired) electrons. The van der Waals surface area contributed by atoms with Crippen molar-refractivity contribution in [3.8, 4) is 10.6 Å². The molecular weight excluding hydrogens is 403 g/mol. The SMILES string of the molecule is CNCCCC(=O)N1CCN(Cc2csc(-c3ccccc3)n2)CC1.Cl.Cl. The van der Waals surface area contributed by atoms with Gasteiger partial charge in [-0.25, -0.2) is 4.98 Å². The number of benzene rings is 1. The molecule has 0 bridgehead atoms. The van der Waals surface area contributed by atoms with Gasteiger partial charge in [0.05, 0.1) is 5.69 Å². The predicted molar refractivity (Wildman–Crippen MR) is 117 cm³/mol. The van der Waals surface area contributed by atoms with Crippen LogP contribution < -0.4 is 5.32 Å². The van der Waals surface area contributed by atoms with E-state index in [0.29, 0.717) is 6.42 Å². The number of nitrogens with zero attached hydrogens (tertiary/aromatic N) is 3. The van der Waals surface area contributed by atoms with Gasteiger partial charge >= 0.3 is 0 Å². The first-order valence-corrected chi connectivity index (χ1v) is 9.79. The Bertz CT molecular complexity index is 675. The number of thiazole rings is 1. The van der Waals surface area contributed by atoms with E-state index in [9.17, 15) is 4.79 Å². The molecule has 150 valence electrons. The second kappa shape index (κ2) is 12.3.